The van der Waals surface area contributed by atoms with Crippen LogP contribution in [0.15, 0.2) is 0 Å². The third kappa shape index (κ3) is 4.40. The highest BCUT2D eigenvalue weighted by atomic mass is 16.3. The molecule has 84 valence electrons. The first-order valence-corrected chi connectivity index (χ1v) is 5.91. The van der Waals surface area contributed by atoms with Gasteiger partial charge in [0.15, 0.2) is 0 Å². The Morgan fingerprint density at radius 2 is 2.43 bits per heavy atom. The normalized spacial score (nSPS) is 24.9. The van der Waals surface area contributed by atoms with Gasteiger partial charge in [-0.3, -0.25) is 0 Å². The van der Waals surface area contributed by atoms with Crippen molar-refractivity contribution in [2.75, 3.05) is 26.2 Å². The Morgan fingerprint density at radius 1 is 1.57 bits per heavy atom. The first-order chi connectivity index (χ1) is 6.86. The SMILES string of the molecule is CCC(CCO)CNC1CCCNC1. The Labute approximate surface area is 87.3 Å². The van der Waals surface area contributed by atoms with E-state index in [1.807, 2.05) is 0 Å². The number of hydrogen-bond acceptors (Lipinski definition) is 3. The van der Waals surface area contributed by atoms with E-state index < -0.39 is 0 Å². The van der Waals surface area contributed by atoms with Gasteiger partial charge in [0.25, 0.3) is 0 Å². The molecule has 0 aliphatic carbocycles. The first-order valence-electron chi connectivity index (χ1n) is 5.91. The first kappa shape index (κ1) is 12.0. The third-order valence-corrected chi connectivity index (χ3v) is 3.11. The summed E-state index contributed by atoms with van der Waals surface area (Å²) in [6.45, 7) is 5.86. The van der Waals surface area contributed by atoms with Gasteiger partial charge in [-0.05, 0) is 38.3 Å². The van der Waals surface area contributed by atoms with E-state index in [4.69, 9.17) is 5.11 Å². The molecule has 0 amide bonds. The van der Waals surface area contributed by atoms with Crippen LogP contribution in [0, 0.1) is 5.92 Å². The highest BCUT2D eigenvalue weighted by molar-refractivity contribution is 4.76. The van der Waals surface area contributed by atoms with Crippen molar-refractivity contribution < 1.29 is 5.11 Å². The van der Waals surface area contributed by atoms with Crippen LogP contribution in [0.2, 0.25) is 0 Å². The Balaban J connectivity index is 2.10. The average Bonchev–Trinajstić information content (AvgIpc) is 2.25. The summed E-state index contributed by atoms with van der Waals surface area (Å²) in [6.07, 6.45) is 4.67. The molecule has 2 unspecified atom stereocenters. The monoisotopic (exact) mass is 200 g/mol. The van der Waals surface area contributed by atoms with Crippen LogP contribution in [0.25, 0.3) is 0 Å². The maximum absolute atomic E-state index is 8.86. The fraction of sp³-hybridized carbons (Fsp3) is 1.00. The molecule has 3 N–H and O–H groups in total. The topological polar surface area (TPSA) is 44.3 Å². The maximum Gasteiger partial charge on any atom is 0.0434 e. The second kappa shape index (κ2) is 7.21. The smallest absolute Gasteiger partial charge is 0.0434 e. The summed E-state index contributed by atoms with van der Waals surface area (Å²) in [7, 11) is 0. The van der Waals surface area contributed by atoms with Crippen molar-refractivity contribution in [3.63, 3.8) is 0 Å². The number of rotatable bonds is 6. The minimum Gasteiger partial charge on any atom is -0.396 e. The van der Waals surface area contributed by atoms with Crippen molar-refractivity contribution in [3.8, 4) is 0 Å². The van der Waals surface area contributed by atoms with Crippen molar-refractivity contribution in [2.45, 2.75) is 38.6 Å². The number of nitrogens with one attached hydrogen (secondary N) is 2. The molecule has 0 saturated carbocycles. The molecule has 0 aromatic heterocycles. The van der Waals surface area contributed by atoms with E-state index in [0.29, 0.717) is 18.6 Å². The molecule has 1 heterocycles. The molecular formula is C11H24N2O. The molecule has 0 aromatic rings. The second-order valence-corrected chi connectivity index (χ2v) is 4.24. The van der Waals surface area contributed by atoms with Crippen LogP contribution in [0.3, 0.4) is 0 Å². The lowest BCUT2D eigenvalue weighted by Crippen LogP contribution is -2.44. The van der Waals surface area contributed by atoms with Crippen LogP contribution in [0.4, 0.5) is 0 Å². The van der Waals surface area contributed by atoms with Crippen molar-refractivity contribution in [1.82, 2.24) is 10.6 Å². The second-order valence-electron chi connectivity index (χ2n) is 4.24. The standard InChI is InChI=1S/C11H24N2O/c1-2-10(5-7-14)8-13-11-4-3-6-12-9-11/h10-14H,2-9H2,1H3. The van der Waals surface area contributed by atoms with E-state index in [-0.39, 0.29) is 0 Å². The molecule has 1 aliphatic heterocycles. The molecule has 1 saturated heterocycles. The molecular weight excluding hydrogens is 176 g/mol. The lowest BCUT2D eigenvalue weighted by atomic mass is 10.0. The van der Waals surface area contributed by atoms with Gasteiger partial charge in [0.2, 0.25) is 0 Å². The van der Waals surface area contributed by atoms with Gasteiger partial charge in [0.05, 0.1) is 0 Å². The largest absolute Gasteiger partial charge is 0.396 e. The van der Waals surface area contributed by atoms with Gasteiger partial charge in [-0.1, -0.05) is 13.3 Å². The minimum absolute atomic E-state index is 0.323. The van der Waals surface area contributed by atoms with Crippen LogP contribution in [-0.2, 0) is 0 Å². The van der Waals surface area contributed by atoms with Crippen LogP contribution in [0.5, 0.6) is 0 Å². The number of aliphatic hydroxyl groups excluding tert-OH is 1. The molecule has 0 aromatic carbocycles. The number of aliphatic hydroxyl groups is 1. The number of piperidine rings is 1. The quantitative estimate of drug-likeness (QED) is 0.592. The van der Waals surface area contributed by atoms with Crippen LogP contribution < -0.4 is 10.6 Å². The maximum atomic E-state index is 8.86. The molecule has 3 heteroatoms. The molecule has 3 nitrogen and oxygen atoms in total. The predicted molar refractivity (Wildman–Crippen MR) is 59.4 cm³/mol. The van der Waals surface area contributed by atoms with Gasteiger partial charge in [-0.15, -0.1) is 0 Å². The molecule has 2 atom stereocenters. The van der Waals surface area contributed by atoms with E-state index >= 15 is 0 Å². The summed E-state index contributed by atoms with van der Waals surface area (Å²) in [5.41, 5.74) is 0. The van der Waals surface area contributed by atoms with Crippen molar-refractivity contribution in [1.29, 1.82) is 0 Å². The zero-order chi connectivity index (χ0) is 10.2. The fourth-order valence-electron chi connectivity index (χ4n) is 1.99. The Bertz CT molecular complexity index is 130. The third-order valence-electron chi connectivity index (χ3n) is 3.11. The molecule has 14 heavy (non-hydrogen) atoms. The fourth-order valence-corrected chi connectivity index (χ4v) is 1.99. The molecule has 0 bridgehead atoms. The van der Waals surface area contributed by atoms with E-state index in [1.165, 1.54) is 19.4 Å². The van der Waals surface area contributed by atoms with Gasteiger partial charge in [0.1, 0.15) is 0 Å². The van der Waals surface area contributed by atoms with Gasteiger partial charge in [-0.2, -0.15) is 0 Å². The van der Waals surface area contributed by atoms with E-state index in [9.17, 15) is 0 Å². The lowest BCUT2D eigenvalue weighted by Gasteiger charge is -2.26. The van der Waals surface area contributed by atoms with Crippen molar-refractivity contribution in [3.05, 3.63) is 0 Å². The Morgan fingerprint density at radius 3 is 3.00 bits per heavy atom. The van der Waals surface area contributed by atoms with Crippen LogP contribution in [0.1, 0.15) is 32.6 Å². The van der Waals surface area contributed by atoms with Crippen LogP contribution in [-0.4, -0.2) is 37.4 Å². The van der Waals surface area contributed by atoms with E-state index in [0.717, 1.165) is 25.9 Å². The zero-order valence-electron chi connectivity index (χ0n) is 9.26. The molecule has 0 spiro atoms. The average molecular weight is 200 g/mol. The molecule has 1 rings (SSSR count). The molecule has 0 radical (unpaired) electrons. The summed E-state index contributed by atoms with van der Waals surface area (Å²) in [4.78, 5) is 0. The highest BCUT2D eigenvalue weighted by Crippen LogP contribution is 2.08. The van der Waals surface area contributed by atoms with Gasteiger partial charge in [-0.25, -0.2) is 0 Å². The predicted octanol–water partition coefficient (Wildman–Crippen LogP) is 0.737. The molecule has 1 fully saturated rings. The number of hydrogen-bond donors (Lipinski definition) is 3. The minimum atomic E-state index is 0.323. The Kier molecular flexibility index (Phi) is 6.15. The van der Waals surface area contributed by atoms with Crippen molar-refractivity contribution >= 4 is 0 Å². The van der Waals surface area contributed by atoms with E-state index in [2.05, 4.69) is 17.6 Å². The lowest BCUT2D eigenvalue weighted by molar-refractivity contribution is 0.245. The summed E-state index contributed by atoms with van der Waals surface area (Å²) in [5, 5.41) is 15.8. The van der Waals surface area contributed by atoms with Crippen LogP contribution >= 0.6 is 0 Å². The van der Waals surface area contributed by atoms with Gasteiger partial charge < -0.3 is 15.7 Å². The molecule has 1 aliphatic rings. The highest BCUT2D eigenvalue weighted by Gasteiger charge is 2.13. The van der Waals surface area contributed by atoms with Gasteiger partial charge >= 0.3 is 0 Å². The van der Waals surface area contributed by atoms with Gasteiger partial charge in [0, 0.05) is 19.2 Å². The summed E-state index contributed by atoms with van der Waals surface area (Å²) >= 11 is 0. The summed E-state index contributed by atoms with van der Waals surface area (Å²) in [6, 6.07) is 0.650. The van der Waals surface area contributed by atoms with Crippen molar-refractivity contribution in [2.24, 2.45) is 5.92 Å². The Hall–Kier alpha value is -0.120. The summed E-state index contributed by atoms with van der Waals surface area (Å²) in [5.74, 6) is 0.641. The van der Waals surface area contributed by atoms with E-state index in [1.54, 1.807) is 0 Å². The zero-order valence-corrected chi connectivity index (χ0v) is 9.26. The summed E-state index contributed by atoms with van der Waals surface area (Å²) < 4.78 is 0.